The molecule has 0 bridgehead atoms. The van der Waals surface area contributed by atoms with E-state index >= 15 is 0 Å². The Labute approximate surface area is 178 Å². The maximum absolute atomic E-state index is 12.3. The molecule has 1 unspecified atom stereocenters. The monoisotopic (exact) mass is 406 g/mol. The molecule has 6 nitrogen and oxygen atoms in total. The molecule has 4 rings (SSSR count). The number of aromatic nitrogens is 2. The van der Waals surface area contributed by atoms with Crippen LogP contribution in [0.1, 0.15) is 57.2 Å². The molecule has 1 aromatic carbocycles. The third kappa shape index (κ3) is 3.68. The average molecular weight is 407 g/mol. The van der Waals surface area contributed by atoms with Crippen LogP contribution in [0.3, 0.4) is 0 Å². The molecule has 1 aromatic heterocycles. The highest BCUT2D eigenvalue weighted by atomic mass is 16.5. The van der Waals surface area contributed by atoms with E-state index < -0.39 is 5.41 Å². The summed E-state index contributed by atoms with van der Waals surface area (Å²) in [6.45, 7) is 5.76. The van der Waals surface area contributed by atoms with Crippen LogP contribution in [0, 0.1) is 5.92 Å². The van der Waals surface area contributed by atoms with Gasteiger partial charge in [-0.25, -0.2) is 14.8 Å². The standard InChI is InChI=1S/C24H30N4O2/c1-4-12-24(5-2)21(16-29)28(19-8-10-20(30-3)11-9-19)15-18-14-26-23(27-22(18)24)25-13-17-6-7-17/h8-11,14,17H,4-7,12-13,15H2,1-3H3,(H,25,26,27). The molecule has 1 aliphatic carbocycles. The molecule has 1 N–H and O–H groups in total. The lowest BCUT2D eigenvalue weighted by atomic mass is 9.71. The van der Waals surface area contributed by atoms with E-state index in [9.17, 15) is 4.79 Å². The summed E-state index contributed by atoms with van der Waals surface area (Å²) in [6.07, 6.45) is 7.06. The Morgan fingerprint density at radius 3 is 2.63 bits per heavy atom. The lowest BCUT2D eigenvalue weighted by Crippen LogP contribution is -2.45. The van der Waals surface area contributed by atoms with Crippen molar-refractivity contribution in [3.8, 4) is 5.75 Å². The van der Waals surface area contributed by atoms with Crippen LogP contribution in [0.5, 0.6) is 5.75 Å². The largest absolute Gasteiger partial charge is 0.497 e. The first-order chi connectivity index (χ1) is 14.6. The van der Waals surface area contributed by atoms with Gasteiger partial charge in [0.25, 0.3) is 0 Å². The molecular formula is C24H30N4O2. The van der Waals surface area contributed by atoms with E-state index in [2.05, 4.69) is 35.0 Å². The first-order valence-corrected chi connectivity index (χ1v) is 10.9. The molecule has 158 valence electrons. The SMILES string of the molecule is CCCC1(CC)C(=C=O)N(c2ccc(OC)cc2)Cc2cnc(NCC3CC3)nc21. The summed E-state index contributed by atoms with van der Waals surface area (Å²) in [5, 5.41) is 3.39. The summed E-state index contributed by atoms with van der Waals surface area (Å²) in [7, 11) is 1.65. The van der Waals surface area contributed by atoms with Gasteiger partial charge in [-0.1, -0.05) is 20.3 Å². The highest BCUT2D eigenvalue weighted by molar-refractivity contribution is 5.71. The summed E-state index contributed by atoms with van der Waals surface area (Å²) in [4.78, 5) is 23.9. The fraction of sp³-hybridized carbons (Fsp3) is 0.500. The van der Waals surface area contributed by atoms with Crippen LogP contribution in [0.25, 0.3) is 0 Å². The van der Waals surface area contributed by atoms with E-state index in [0.29, 0.717) is 18.2 Å². The average Bonchev–Trinajstić information content (AvgIpc) is 3.62. The molecule has 2 aromatic rings. The van der Waals surface area contributed by atoms with Gasteiger partial charge in [-0.2, -0.15) is 0 Å². The van der Waals surface area contributed by atoms with Gasteiger partial charge in [-0.15, -0.1) is 0 Å². The molecular weight excluding hydrogens is 376 g/mol. The topological polar surface area (TPSA) is 67.4 Å². The number of carbonyl (C=O) groups excluding carboxylic acids is 1. The Morgan fingerprint density at radius 1 is 1.27 bits per heavy atom. The second kappa shape index (κ2) is 8.49. The van der Waals surface area contributed by atoms with Crippen molar-refractivity contribution in [2.45, 2.75) is 57.9 Å². The zero-order chi connectivity index (χ0) is 21.1. The zero-order valence-corrected chi connectivity index (χ0v) is 18.1. The molecule has 30 heavy (non-hydrogen) atoms. The van der Waals surface area contributed by atoms with Crippen LogP contribution in [0.4, 0.5) is 11.6 Å². The van der Waals surface area contributed by atoms with Gasteiger partial charge in [0.2, 0.25) is 5.95 Å². The van der Waals surface area contributed by atoms with Crippen molar-refractivity contribution in [1.29, 1.82) is 0 Å². The molecule has 0 saturated heterocycles. The van der Waals surface area contributed by atoms with Crippen molar-refractivity contribution >= 4 is 17.6 Å². The minimum absolute atomic E-state index is 0.469. The first kappa shape index (κ1) is 20.4. The van der Waals surface area contributed by atoms with E-state index in [-0.39, 0.29) is 0 Å². The van der Waals surface area contributed by atoms with Crippen LogP contribution in [0.15, 0.2) is 36.2 Å². The first-order valence-electron chi connectivity index (χ1n) is 10.9. The van der Waals surface area contributed by atoms with E-state index in [1.54, 1.807) is 7.11 Å². The van der Waals surface area contributed by atoms with Crippen LogP contribution in [-0.4, -0.2) is 29.6 Å². The van der Waals surface area contributed by atoms with Crippen molar-refractivity contribution in [3.63, 3.8) is 0 Å². The lowest BCUT2D eigenvalue weighted by molar-refractivity contribution is 0.397. The Morgan fingerprint density at radius 2 is 2.03 bits per heavy atom. The number of ether oxygens (including phenoxy) is 1. The number of nitrogens with one attached hydrogen (secondary N) is 1. The van der Waals surface area contributed by atoms with Crippen molar-refractivity contribution in [3.05, 3.63) is 47.4 Å². The molecule has 1 atom stereocenters. The molecule has 1 fully saturated rings. The Hall–Kier alpha value is -2.85. The van der Waals surface area contributed by atoms with Gasteiger partial charge in [0.15, 0.2) is 0 Å². The van der Waals surface area contributed by atoms with Gasteiger partial charge in [0.1, 0.15) is 17.4 Å². The summed E-state index contributed by atoms with van der Waals surface area (Å²) >= 11 is 0. The number of rotatable bonds is 8. The minimum atomic E-state index is -0.469. The summed E-state index contributed by atoms with van der Waals surface area (Å²) < 4.78 is 5.29. The molecule has 0 spiro atoms. The second-order valence-electron chi connectivity index (χ2n) is 8.31. The maximum Gasteiger partial charge on any atom is 0.222 e. The Kier molecular flexibility index (Phi) is 5.78. The van der Waals surface area contributed by atoms with Gasteiger partial charge in [0, 0.05) is 24.0 Å². The number of anilines is 2. The smallest absolute Gasteiger partial charge is 0.222 e. The number of nitrogens with zero attached hydrogens (tertiary/aromatic N) is 3. The minimum Gasteiger partial charge on any atom is -0.497 e. The predicted molar refractivity (Wildman–Crippen MR) is 119 cm³/mol. The summed E-state index contributed by atoms with van der Waals surface area (Å²) in [5.74, 6) is 4.51. The molecule has 2 aliphatic rings. The highest BCUT2D eigenvalue weighted by Gasteiger charge is 2.45. The van der Waals surface area contributed by atoms with Crippen LogP contribution < -0.4 is 15.0 Å². The maximum atomic E-state index is 12.3. The lowest BCUT2D eigenvalue weighted by Gasteiger charge is -2.44. The van der Waals surface area contributed by atoms with Crippen molar-refractivity contribution in [2.75, 3.05) is 23.9 Å². The molecule has 2 heterocycles. The van der Waals surface area contributed by atoms with Gasteiger partial charge >= 0.3 is 0 Å². The number of fused-ring (bicyclic) bond motifs is 1. The summed E-state index contributed by atoms with van der Waals surface area (Å²) in [5.41, 5.74) is 3.18. The third-order valence-electron chi connectivity index (χ3n) is 6.38. The van der Waals surface area contributed by atoms with Crippen molar-refractivity contribution in [2.24, 2.45) is 5.92 Å². The highest BCUT2D eigenvalue weighted by Crippen LogP contribution is 2.47. The number of methoxy groups -OCH3 is 1. The van der Waals surface area contributed by atoms with E-state index in [0.717, 1.165) is 54.4 Å². The molecule has 1 saturated carbocycles. The normalized spacial score (nSPS) is 20.5. The number of hydrogen-bond acceptors (Lipinski definition) is 6. The number of benzene rings is 1. The second-order valence-corrected chi connectivity index (χ2v) is 8.31. The Bertz CT molecular complexity index is 948. The predicted octanol–water partition coefficient (Wildman–Crippen LogP) is 4.49. The fourth-order valence-corrected chi connectivity index (χ4v) is 4.51. The summed E-state index contributed by atoms with van der Waals surface area (Å²) in [6, 6.07) is 7.81. The van der Waals surface area contributed by atoms with Crippen molar-refractivity contribution < 1.29 is 9.53 Å². The number of allylic oxidation sites excluding steroid dienone is 1. The van der Waals surface area contributed by atoms with Crippen LogP contribution in [-0.2, 0) is 16.8 Å². The molecule has 6 heteroatoms. The van der Waals surface area contributed by atoms with E-state index in [4.69, 9.17) is 9.72 Å². The van der Waals surface area contributed by atoms with Gasteiger partial charge in [-0.3, -0.25) is 0 Å². The van der Waals surface area contributed by atoms with Crippen LogP contribution >= 0.6 is 0 Å². The quantitative estimate of drug-likeness (QED) is 0.652. The molecule has 0 amide bonds. The van der Waals surface area contributed by atoms with Crippen LogP contribution in [0.2, 0.25) is 0 Å². The third-order valence-corrected chi connectivity index (χ3v) is 6.38. The van der Waals surface area contributed by atoms with Gasteiger partial charge in [-0.05, 0) is 55.9 Å². The van der Waals surface area contributed by atoms with Gasteiger partial charge in [0.05, 0.1) is 24.8 Å². The van der Waals surface area contributed by atoms with E-state index in [1.165, 1.54) is 12.8 Å². The molecule has 0 radical (unpaired) electrons. The number of hydrogen-bond donors (Lipinski definition) is 1. The Balaban J connectivity index is 1.77. The van der Waals surface area contributed by atoms with Gasteiger partial charge < -0.3 is 15.0 Å². The molecule has 1 aliphatic heterocycles. The van der Waals surface area contributed by atoms with Crippen molar-refractivity contribution in [1.82, 2.24) is 9.97 Å². The fourth-order valence-electron chi connectivity index (χ4n) is 4.51. The van der Waals surface area contributed by atoms with E-state index in [1.807, 2.05) is 30.5 Å². The zero-order valence-electron chi connectivity index (χ0n) is 18.1.